The Labute approximate surface area is 163 Å². The molecular formula is C20H19N3O4S. The summed E-state index contributed by atoms with van der Waals surface area (Å²) in [5.74, 6) is 0.570. The molecule has 0 radical (unpaired) electrons. The van der Waals surface area contributed by atoms with E-state index >= 15 is 0 Å². The molecule has 0 spiro atoms. The Morgan fingerprint density at radius 2 is 1.79 bits per heavy atom. The summed E-state index contributed by atoms with van der Waals surface area (Å²) in [6.45, 7) is 1.88. The zero-order valence-corrected chi connectivity index (χ0v) is 16.2. The van der Waals surface area contributed by atoms with Crippen LogP contribution < -0.4 is 14.8 Å². The highest BCUT2D eigenvalue weighted by Gasteiger charge is 2.17. The lowest BCUT2D eigenvalue weighted by Crippen LogP contribution is -2.16. The van der Waals surface area contributed by atoms with Crippen molar-refractivity contribution < 1.29 is 17.9 Å². The van der Waals surface area contributed by atoms with Gasteiger partial charge in [0.25, 0.3) is 15.9 Å². The molecule has 8 heteroatoms. The van der Waals surface area contributed by atoms with Gasteiger partial charge in [0.15, 0.2) is 0 Å². The molecule has 7 nitrogen and oxygen atoms in total. The number of methoxy groups -OCH3 is 1. The van der Waals surface area contributed by atoms with E-state index in [1.165, 1.54) is 31.4 Å². The van der Waals surface area contributed by atoms with E-state index in [1.807, 2.05) is 13.0 Å². The fourth-order valence-electron chi connectivity index (χ4n) is 2.47. The molecule has 2 N–H and O–H groups in total. The fraction of sp³-hybridized carbons (Fsp3) is 0.100. The van der Waals surface area contributed by atoms with Crippen LogP contribution in [0.3, 0.4) is 0 Å². The number of carbonyl (C=O) groups is 1. The maximum atomic E-state index is 12.6. The minimum atomic E-state index is -3.85. The second kappa shape index (κ2) is 8.10. The van der Waals surface area contributed by atoms with Gasteiger partial charge in [0, 0.05) is 17.4 Å². The first-order valence-electron chi connectivity index (χ1n) is 8.38. The summed E-state index contributed by atoms with van der Waals surface area (Å²) in [5.41, 5.74) is 1.55. The SMILES string of the molecule is COc1ccc(NS(=O)(=O)c2cccc(C(=O)Nc3cc(C)ccn3)c2)cc1. The van der Waals surface area contributed by atoms with Gasteiger partial charge in [-0.05, 0) is 67.1 Å². The number of hydrogen-bond acceptors (Lipinski definition) is 5. The Hall–Kier alpha value is -3.39. The summed E-state index contributed by atoms with van der Waals surface area (Å²) in [6.07, 6.45) is 1.59. The van der Waals surface area contributed by atoms with Crippen LogP contribution in [0.5, 0.6) is 5.75 Å². The van der Waals surface area contributed by atoms with E-state index in [4.69, 9.17) is 4.74 Å². The number of nitrogens with one attached hydrogen (secondary N) is 2. The molecule has 1 heterocycles. The van der Waals surface area contributed by atoms with Crippen LogP contribution in [0.25, 0.3) is 0 Å². The summed E-state index contributed by atoms with van der Waals surface area (Å²) < 4.78 is 32.8. The van der Waals surface area contributed by atoms with Crippen LogP contribution in [0, 0.1) is 6.92 Å². The Kier molecular flexibility index (Phi) is 5.60. The molecule has 0 aliphatic heterocycles. The number of carbonyl (C=O) groups excluding carboxylic acids is 1. The lowest BCUT2D eigenvalue weighted by molar-refractivity contribution is 0.102. The first kappa shape index (κ1) is 19.4. The maximum Gasteiger partial charge on any atom is 0.261 e. The Bertz CT molecular complexity index is 1100. The standard InChI is InChI=1S/C20H19N3O4S/c1-14-10-11-21-19(12-14)22-20(24)15-4-3-5-18(13-15)28(25,26)23-16-6-8-17(27-2)9-7-16/h3-13,23H,1-2H3,(H,21,22,24). The first-order chi connectivity index (χ1) is 13.4. The average molecular weight is 397 g/mol. The number of amides is 1. The predicted octanol–water partition coefficient (Wildman–Crippen LogP) is 3.45. The van der Waals surface area contributed by atoms with E-state index < -0.39 is 15.9 Å². The van der Waals surface area contributed by atoms with Crippen molar-refractivity contribution in [3.05, 3.63) is 78.0 Å². The summed E-state index contributed by atoms with van der Waals surface area (Å²) in [4.78, 5) is 16.5. The second-order valence-corrected chi connectivity index (χ2v) is 7.72. The zero-order valence-electron chi connectivity index (χ0n) is 15.3. The molecule has 0 saturated carbocycles. The number of hydrogen-bond donors (Lipinski definition) is 2. The first-order valence-corrected chi connectivity index (χ1v) is 9.87. The minimum absolute atomic E-state index is 0.0202. The van der Waals surface area contributed by atoms with Crippen LogP contribution in [-0.4, -0.2) is 26.4 Å². The van der Waals surface area contributed by atoms with Crippen molar-refractivity contribution in [1.29, 1.82) is 0 Å². The molecule has 3 aromatic rings. The van der Waals surface area contributed by atoms with E-state index in [0.717, 1.165) is 5.56 Å². The summed E-state index contributed by atoms with van der Waals surface area (Å²) in [6, 6.07) is 15.8. The second-order valence-electron chi connectivity index (χ2n) is 6.03. The average Bonchev–Trinajstić information content (AvgIpc) is 2.68. The minimum Gasteiger partial charge on any atom is -0.497 e. The normalized spacial score (nSPS) is 10.9. The van der Waals surface area contributed by atoms with E-state index in [-0.39, 0.29) is 10.5 Å². The van der Waals surface area contributed by atoms with Gasteiger partial charge < -0.3 is 10.1 Å². The summed E-state index contributed by atoms with van der Waals surface area (Å²) >= 11 is 0. The van der Waals surface area contributed by atoms with Gasteiger partial charge >= 0.3 is 0 Å². The van der Waals surface area contributed by atoms with Crippen LogP contribution in [0.4, 0.5) is 11.5 Å². The van der Waals surface area contributed by atoms with E-state index in [1.54, 1.807) is 36.5 Å². The Morgan fingerprint density at radius 1 is 1.04 bits per heavy atom. The predicted molar refractivity (Wildman–Crippen MR) is 107 cm³/mol. The van der Waals surface area contributed by atoms with Gasteiger partial charge in [-0.25, -0.2) is 13.4 Å². The third-order valence-electron chi connectivity index (χ3n) is 3.91. The number of aryl methyl sites for hydroxylation is 1. The Morgan fingerprint density at radius 3 is 2.46 bits per heavy atom. The molecule has 28 heavy (non-hydrogen) atoms. The number of sulfonamides is 1. The van der Waals surface area contributed by atoms with Crippen molar-refractivity contribution in [2.24, 2.45) is 0 Å². The number of anilines is 2. The van der Waals surface area contributed by atoms with Crippen molar-refractivity contribution in [2.45, 2.75) is 11.8 Å². The molecule has 0 fully saturated rings. The maximum absolute atomic E-state index is 12.6. The third kappa shape index (κ3) is 4.66. The van der Waals surface area contributed by atoms with Gasteiger partial charge in [0.05, 0.1) is 12.0 Å². The smallest absolute Gasteiger partial charge is 0.261 e. The zero-order chi connectivity index (χ0) is 20.1. The molecule has 0 saturated heterocycles. The molecule has 0 bridgehead atoms. The molecule has 3 rings (SSSR count). The van der Waals surface area contributed by atoms with Crippen LogP contribution in [0.2, 0.25) is 0 Å². The van der Waals surface area contributed by atoms with E-state index in [0.29, 0.717) is 17.3 Å². The number of pyridine rings is 1. The molecule has 0 unspecified atom stereocenters. The van der Waals surface area contributed by atoms with Crippen molar-refractivity contribution in [2.75, 3.05) is 17.1 Å². The summed E-state index contributed by atoms with van der Waals surface area (Å²) in [5, 5.41) is 2.66. The van der Waals surface area contributed by atoms with Crippen LogP contribution >= 0.6 is 0 Å². The largest absolute Gasteiger partial charge is 0.497 e. The van der Waals surface area contributed by atoms with Gasteiger partial charge in [0.2, 0.25) is 0 Å². The summed E-state index contributed by atoms with van der Waals surface area (Å²) in [7, 11) is -2.33. The Balaban J connectivity index is 1.79. The van der Waals surface area contributed by atoms with Gasteiger partial charge in [0.1, 0.15) is 11.6 Å². The molecule has 0 atom stereocenters. The van der Waals surface area contributed by atoms with Crippen LogP contribution in [0.15, 0.2) is 71.8 Å². The van der Waals surface area contributed by atoms with Gasteiger partial charge in [-0.2, -0.15) is 0 Å². The van der Waals surface area contributed by atoms with Gasteiger partial charge in [-0.15, -0.1) is 0 Å². The monoisotopic (exact) mass is 397 g/mol. The molecule has 144 valence electrons. The lowest BCUT2D eigenvalue weighted by atomic mass is 10.2. The van der Waals surface area contributed by atoms with Crippen LogP contribution in [0.1, 0.15) is 15.9 Å². The molecular weight excluding hydrogens is 378 g/mol. The number of nitrogens with zero attached hydrogens (tertiary/aromatic N) is 1. The number of rotatable bonds is 6. The molecule has 1 amide bonds. The highest BCUT2D eigenvalue weighted by molar-refractivity contribution is 7.92. The van der Waals surface area contributed by atoms with Crippen LogP contribution in [-0.2, 0) is 10.0 Å². The molecule has 0 aliphatic rings. The van der Waals surface area contributed by atoms with Gasteiger partial charge in [-0.3, -0.25) is 9.52 Å². The lowest BCUT2D eigenvalue weighted by Gasteiger charge is -2.10. The van der Waals surface area contributed by atoms with Crippen molar-refractivity contribution in [1.82, 2.24) is 4.98 Å². The van der Waals surface area contributed by atoms with Crippen molar-refractivity contribution >= 4 is 27.4 Å². The topological polar surface area (TPSA) is 97.4 Å². The highest BCUT2D eigenvalue weighted by atomic mass is 32.2. The molecule has 1 aromatic heterocycles. The van der Waals surface area contributed by atoms with Gasteiger partial charge in [-0.1, -0.05) is 6.07 Å². The number of aromatic nitrogens is 1. The quantitative estimate of drug-likeness (QED) is 0.664. The molecule has 2 aromatic carbocycles. The highest BCUT2D eigenvalue weighted by Crippen LogP contribution is 2.20. The van der Waals surface area contributed by atoms with Crippen molar-refractivity contribution in [3.8, 4) is 5.75 Å². The molecule has 0 aliphatic carbocycles. The number of benzene rings is 2. The van der Waals surface area contributed by atoms with E-state index in [9.17, 15) is 13.2 Å². The fourth-order valence-corrected chi connectivity index (χ4v) is 3.57. The van der Waals surface area contributed by atoms with Crippen molar-refractivity contribution in [3.63, 3.8) is 0 Å². The van der Waals surface area contributed by atoms with E-state index in [2.05, 4.69) is 15.0 Å². The third-order valence-corrected chi connectivity index (χ3v) is 5.28. The number of ether oxygens (including phenoxy) is 1.